The molecular weight excluding hydrogens is 424 g/mol. The van der Waals surface area contributed by atoms with E-state index in [1.807, 2.05) is 5.32 Å². The number of alkyl carbamates (subject to hydrolysis) is 2. The molecule has 16 nitrogen and oxygen atoms in total. The fraction of sp³-hybridized carbons (Fsp3) is 0.533. The molecule has 0 saturated heterocycles. The molecule has 0 radical (unpaired) electrons. The third-order valence-electron chi connectivity index (χ3n) is 2.96. The third kappa shape index (κ3) is 13.4. The first-order valence-electron chi connectivity index (χ1n) is 8.15. The molecule has 16 heteroatoms. The number of nitrogens with one attached hydrogen (secondary N) is 3. The number of hydrogen-bond donors (Lipinski definition) is 3. The number of nitrogens with zero attached hydrogens (tertiary/aromatic N) is 3. The van der Waals surface area contributed by atoms with Crippen LogP contribution in [0.3, 0.4) is 0 Å². The van der Waals surface area contributed by atoms with Gasteiger partial charge in [-0.15, -0.1) is 0 Å². The zero-order chi connectivity index (χ0) is 23.5. The number of isocyanates is 3. The maximum Gasteiger partial charge on any atom is 0.408 e. The van der Waals surface area contributed by atoms with E-state index in [1.54, 1.807) is 0 Å². The minimum absolute atomic E-state index is 0.395. The van der Waals surface area contributed by atoms with E-state index in [0.717, 1.165) is 6.08 Å². The normalized spacial score (nSPS) is 11.0. The van der Waals surface area contributed by atoms with Gasteiger partial charge in [0.05, 0.1) is 5.41 Å². The average molecular weight is 442 g/mol. The van der Waals surface area contributed by atoms with Gasteiger partial charge >= 0.3 is 24.1 Å². The summed E-state index contributed by atoms with van der Waals surface area (Å²) >= 11 is 0. The second-order valence-corrected chi connectivity index (χ2v) is 5.62. The molecule has 0 heterocycles. The van der Waals surface area contributed by atoms with Crippen LogP contribution in [0, 0.1) is 5.41 Å². The molecule has 0 aliphatic carbocycles. The minimum atomic E-state index is -1.35. The average Bonchev–Trinajstić information content (AvgIpc) is 2.75. The molecule has 0 aromatic rings. The van der Waals surface area contributed by atoms with Gasteiger partial charge in [-0.1, -0.05) is 0 Å². The van der Waals surface area contributed by atoms with Gasteiger partial charge in [-0.3, -0.25) is 4.79 Å². The lowest BCUT2D eigenvalue weighted by Gasteiger charge is -2.27. The maximum absolute atomic E-state index is 11.7. The molecule has 0 spiro atoms. The standard InChI is InChI=1S/C15H18N6O10/c1-15(3-30-13(27)20-6-17-9-23,4-31-14(28)21-7-18-10-24)2-29-12(26)11(25)19-5-16-8-22/h2-7H2,1H3,(H,19,25)(H,20,27)(H,21,28). The van der Waals surface area contributed by atoms with Gasteiger partial charge in [0.2, 0.25) is 18.2 Å². The topological polar surface area (TPSA) is 220 Å². The number of amides is 3. The molecule has 168 valence electrons. The van der Waals surface area contributed by atoms with E-state index in [1.165, 1.54) is 19.1 Å². The van der Waals surface area contributed by atoms with Crippen LogP contribution in [0.15, 0.2) is 15.0 Å². The van der Waals surface area contributed by atoms with Crippen molar-refractivity contribution in [2.45, 2.75) is 6.92 Å². The van der Waals surface area contributed by atoms with Crippen LogP contribution in [-0.4, -0.2) is 82.1 Å². The molecule has 31 heavy (non-hydrogen) atoms. The van der Waals surface area contributed by atoms with Crippen molar-refractivity contribution in [2.75, 3.05) is 39.8 Å². The third-order valence-corrected chi connectivity index (χ3v) is 2.96. The summed E-state index contributed by atoms with van der Waals surface area (Å²) in [5.41, 5.74) is -1.33. The summed E-state index contributed by atoms with van der Waals surface area (Å²) in [5.74, 6) is -2.56. The van der Waals surface area contributed by atoms with Crippen LogP contribution in [-0.2, 0) is 38.2 Å². The lowest BCUT2D eigenvalue weighted by molar-refractivity contribution is -0.158. The Kier molecular flexibility index (Phi) is 13.3. The Morgan fingerprint density at radius 3 is 1.52 bits per heavy atom. The van der Waals surface area contributed by atoms with Gasteiger partial charge in [0.1, 0.15) is 39.8 Å². The Bertz CT molecular complexity index is 758. The van der Waals surface area contributed by atoms with E-state index in [2.05, 4.69) is 25.6 Å². The monoisotopic (exact) mass is 442 g/mol. The van der Waals surface area contributed by atoms with Crippen LogP contribution < -0.4 is 16.0 Å². The summed E-state index contributed by atoms with van der Waals surface area (Å²) in [7, 11) is 0. The van der Waals surface area contributed by atoms with Gasteiger partial charge in [-0.2, -0.15) is 15.0 Å². The number of esters is 1. The fourth-order valence-corrected chi connectivity index (χ4v) is 1.50. The molecule has 0 bridgehead atoms. The fourth-order valence-electron chi connectivity index (χ4n) is 1.50. The second-order valence-electron chi connectivity index (χ2n) is 5.62. The Balaban J connectivity index is 4.91. The summed E-state index contributed by atoms with van der Waals surface area (Å²) in [4.78, 5) is 85.4. The van der Waals surface area contributed by atoms with Crippen molar-refractivity contribution < 1.29 is 47.8 Å². The SMILES string of the molecule is CC(COC(=O)NCN=C=O)(COC(=O)NCN=C=O)COC(=O)C(=O)NCN=C=O. The minimum Gasteiger partial charge on any atom is -0.458 e. The Labute approximate surface area is 174 Å². The summed E-state index contributed by atoms with van der Waals surface area (Å²) in [5, 5.41) is 6.15. The van der Waals surface area contributed by atoms with Crippen LogP contribution in [0.25, 0.3) is 0 Å². The van der Waals surface area contributed by atoms with Gasteiger partial charge in [-0.05, 0) is 6.92 Å². The van der Waals surface area contributed by atoms with Crippen LogP contribution in [0.4, 0.5) is 9.59 Å². The smallest absolute Gasteiger partial charge is 0.408 e. The Morgan fingerprint density at radius 1 is 0.710 bits per heavy atom. The quantitative estimate of drug-likeness (QED) is 0.0989. The van der Waals surface area contributed by atoms with Crippen LogP contribution in [0.5, 0.6) is 0 Å². The van der Waals surface area contributed by atoms with Crippen molar-refractivity contribution >= 4 is 42.3 Å². The highest BCUT2D eigenvalue weighted by Crippen LogP contribution is 2.19. The molecule has 0 fully saturated rings. The number of ether oxygens (including phenoxy) is 3. The van der Waals surface area contributed by atoms with E-state index in [0.29, 0.717) is 0 Å². The molecule has 0 rings (SSSR count). The number of carbonyl (C=O) groups excluding carboxylic acids is 7. The highest BCUT2D eigenvalue weighted by atomic mass is 16.6. The van der Waals surface area contributed by atoms with Gasteiger partial charge in [0.15, 0.2) is 0 Å². The molecule has 0 saturated carbocycles. The molecule has 0 aliphatic rings. The predicted molar refractivity (Wildman–Crippen MR) is 95.1 cm³/mol. The van der Waals surface area contributed by atoms with Crippen molar-refractivity contribution in [3.05, 3.63) is 0 Å². The lowest BCUT2D eigenvalue weighted by Crippen LogP contribution is -2.41. The van der Waals surface area contributed by atoms with Gasteiger partial charge in [-0.25, -0.2) is 28.8 Å². The molecule has 0 unspecified atom stereocenters. The van der Waals surface area contributed by atoms with Gasteiger partial charge in [0, 0.05) is 0 Å². The van der Waals surface area contributed by atoms with Crippen LogP contribution >= 0.6 is 0 Å². The summed E-state index contributed by atoms with van der Waals surface area (Å²) in [6, 6.07) is 0. The largest absolute Gasteiger partial charge is 0.458 e. The van der Waals surface area contributed by atoms with Crippen LogP contribution in [0.1, 0.15) is 6.92 Å². The molecule has 0 aromatic carbocycles. The zero-order valence-corrected chi connectivity index (χ0v) is 16.2. The van der Waals surface area contributed by atoms with E-state index in [9.17, 15) is 33.6 Å². The molecule has 0 atom stereocenters. The zero-order valence-electron chi connectivity index (χ0n) is 16.2. The van der Waals surface area contributed by atoms with Crippen LogP contribution in [0.2, 0.25) is 0 Å². The van der Waals surface area contributed by atoms with E-state index < -0.39 is 69.3 Å². The first-order chi connectivity index (χ1) is 14.8. The van der Waals surface area contributed by atoms with E-state index >= 15 is 0 Å². The Hall–Kier alpha value is -4.38. The lowest BCUT2D eigenvalue weighted by atomic mass is 9.94. The van der Waals surface area contributed by atoms with E-state index in [-0.39, 0.29) is 0 Å². The van der Waals surface area contributed by atoms with E-state index in [4.69, 9.17) is 14.2 Å². The Morgan fingerprint density at radius 2 is 1.10 bits per heavy atom. The van der Waals surface area contributed by atoms with Crippen molar-refractivity contribution in [1.29, 1.82) is 0 Å². The second kappa shape index (κ2) is 15.5. The molecule has 0 aliphatic heterocycles. The molecular formula is C15H18N6O10. The first-order valence-corrected chi connectivity index (χ1v) is 8.15. The van der Waals surface area contributed by atoms with Gasteiger partial charge < -0.3 is 30.2 Å². The molecule has 0 aromatic heterocycles. The number of rotatable bonds is 12. The molecule has 3 N–H and O–H groups in total. The number of aliphatic imine (C=N–C) groups is 3. The maximum atomic E-state index is 11.7. The van der Waals surface area contributed by atoms with Crippen molar-refractivity contribution in [3.63, 3.8) is 0 Å². The summed E-state index contributed by atoms with van der Waals surface area (Å²) in [6.45, 7) is -1.37. The summed E-state index contributed by atoms with van der Waals surface area (Å²) in [6.07, 6.45) is 1.56. The highest BCUT2D eigenvalue weighted by molar-refractivity contribution is 6.32. The predicted octanol–water partition coefficient (Wildman–Crippen LogP) is -2.02. The van der Waals surface area contributed by atoms with Crippen molar-refractivity contribution in [1.82, 2.24) is 16.0 Å². The number of hydrogen-bond acceptors (Lipinski definition) is 13. The molecule has 3 amide bonds. The van der Waals surface area contributed by atoms with Crippen molar-refractivity contribution in [2.24, 2.45) is 20.4 Å². The highest BCUT2D eigenvalue weighted by Gasteiger charge is 2.32. The first kappa shape index (κ1) is 26.6. The number of carbonyl (C=O) groups is 4. The summed E-state index contributed by atoms with van der Waals surface area (Å²) < 4.78 is 14.6. The van der Waals surface area contributed by atoms with Crippen molar-refractivity contribution in [3.8, 4) is 0 Å². The van der Waals surface area contributed by atoms with Gasteiger partial charge in [0.25, 0.3) is 0 Å².